The number of nitrogens with zero attached hydrogens (tertiary/aromatic N) is 1. The van der Waals surface area contributed by atoms with Gasteiger partial charge in [0.25, 0.3) is 0 Å². The average molecular weight is 336 g/mol. The van der Waals surface area contributed by atoms with E-state index < -0.39 is 20.0 Å². The normalized spacial score (nSPS) is 12.5. The SMILES string of the molecule is COc1ccc(S(=O)(=O)NC(C)C)cc1N(C)S(C)(=O)=O. The first-order valence-electron chi connectivity index (χ1n) is 6.13. The zero-order valence-corrected chi connectivity index (χ0v) is 14.2. The molecule has 120 valence electrons. The van der Waals surface area contributed by atoms with E-state index in [4.69, 9.17) is 4.74 Å². The largest absolute Gasteiger partial charge is 0.495 e. The van der Waals surface area contributed by atoms with Crippen LogP contribution in [0.3, 0.4) is 0 Å². The topological polar surface area (TPSA) is 92.8 Å². The predicted octanol–water partition coefficient (Wildman–Crippen LogP) is 0.778. The van der Waals surface area contributed by atoms with Crippen molar-refractivity contribution in [3.05, 3.63) is 18.2 Å². The van der Waals surface area contributed by atoms with Crippen LogP contribution in [-0.2, 0) is 20.0 Å². The van der Waals surface area contributed by atoms with Gasteiger partial charge in [-0.1, -0.05) is 0 Å². The van der Waals surface area contributed by atoms with Crippen molar-refractivity contribution in [1.29, 1.82) is 0 Å². The smallest absolute Gasteiger partial charge is 0.240 e. The van der Waals surface area contributed by atoms with Gasteiger partial charge in [0.15, 0.2) is 0 Å². The van der Waals surface area contributed by atoms with Crippen LogP contribution in [0.15, 0.2) is 23.1 Å². The van der Waals surface area contributed by atoms with E-state index in [0.29, 0.717) is 0 Å². The maximum atomic E-state index is 12.1. The highest BCUT2D eigenvalue weighted by Crippen LogP contribution is 2.31. The van der Waals surface area contributed by atoms with Crippen molar-refractivity contribution in [2.24, 2.45) is 0 Å². The van der Waals surface area contributed by atoms with Gasteiger partial charge in [0.2, 0.25) is 20.0 Å². The van der Waals surface area contributed by atoms with Crippen molar-refractivity contribution >= 4 is 25.7 Å². The van der Waals surface area contributed by atoms with E-state index in [1.54, 1.807) is 13.8 Å². The van der Waals surface area contributed by atoms with E-state index in [9.17, 15) is 16.8 Å². The van der Waals surface area contributed by atoms with Crippen LogP contribution in [0.25, 0.3) is 0 Å². The summed E-state index contributed by atoms with van der Waals surface area (Å²) in [6.45, 7) is 3.40. The summed E-state index contributed by atoms with van der Waals surface area (Å²) in [6.07, 6.45) is 1.03. The van der Waals surface area contributed by atoms with E-state index >= 15 is 0 Å². The first-order chi connectivity index (χ1) is 9.49. The quantitative estimate of drug-likeness (QED) is 0.828. The van der Waals surface area contributed by atoms with Crippen molar-refractivity contribution in [3.8, 4) is 5.75 Å². The molecule has 0 aliphatic rings. The van der Waals surface area contributed by atoms with Gasteiger partial charge in [0.05, 0.1) is 23.9 Å². The van der Waals surface area contributed by atoms with Gasteiger partial charge in [-0.3, -0.25) is 4.31 Å². The maximum Gasteiger partial charge on any atom is 0.240 e. The van der Waals surface area contributed by atoms with Crippen molar-refractivity contribution in [2.75, 3.05) is 24.7 Å². The summed E-state index contributed by atoms with van der Waals surface area (Å²) in [5.41, 5.74) is 0.159. The molecule has 0 spiro atoms. The lowest BCUT2D eigenvalue weighted by atomic mass is 10.3. The van der Waals surface area contributed by atoms with Gasteiger partial charge in [0.1, 0.15) is 5.75 Å². The molecule has 0 atom stereocenters. The number of hydrogen-bond acceptors (Lipinski definition) is 5. The molecule has 0 saturated heterocycles. The molecular formula is C12H20N2O5S2. The van der Waals surface area contributed by atoms with E-state index in [0.717, 1.165) is 10.6 Å². The summed E-state index contributed by atoms with van der Waals surface area (Å²) in [5.74, 6) is 0.270. The van der Waals surface area contributed by atoms with E-state index in [1.165, 1.54) is 32.4 Å². The maximum absolute atomic E-state index is 12.1. The predicted molar refractivity (Wildman–Crippen MR) is 81.7 cm³/mol. The number of rotatable bonds is 6. The van der Waals surface area contributed by atoms with Gasteiger partial charge in [-0.05, 0) is 32.0 Å². The van der Waals surface area contributed by atoms with Gasteiger partial charge >= 0.3 is 0 Å². The monoisotopic (exact) mass is 336 g/mol. The van der Waals surface area contributed by atoms with Crippen LogP contribution in [0.4, 0.5) is 5.69 Å². The highest BCUT2D eigenvalue weighted by atomic mass is 32.2. The second-order valence-corrected chi connectivity index (χ2v) is 8.57. The molecule has 1 rings (SSSR count). The summed E-state index contributed by atoms with van der Waals surface area (Å²) in [4.78, 5) is -0.0255. The molecule has 0 saturated carbocycles. The minimum Gasteiger partial charge on any atom is -0.495 e. The van der Waals surface area contributed by atoms with Gasteiger partial charge in [-0.2, -0.15) is 0 Å². The van der Waals surface area contributed by atoms with Crippen molar-refractivity contribution in [2.45, 2.75) is 24.8 Å². The standard InChI is InChI=1S/C12H20N2O5S2/c1-9(2)13-21(17,18)10-6-7-12(19-4)11(8-10)14(3)20(5,15)16/h6-9,13H,1-5H3. The van der Waals surface area contributed by atoms with Gasteiger partial charge < -0.3 is 4.74 Å². The number of ether oxygens (including phenoxy) is 1. The Morgan fingerprint density at radius 3 is 2.19 bits per heavy atom. The minimum atomic E-state index is -3.71. The third kappa shape index (κ3) is 4.32. The van der Waals surface area contributed by atoms with Gasteiger partial charge in [-0.25, -0.2) is 21.6 Å². The molecule has 0 fully saturated rings. The van der Waals surface area contributed by atoms with E-state index in [1.807, 2.05) is 0 Å². The van der Waals surface area contributed by atoms with E-state index in [2.05, 4.69) is 4.72 Å². The summed E-state index contributed by atoms with van der Waals surface area (Å²) in [6, 6.07) is 3.79. The first kappa shape index (κ1) is 17.7. The molecule has 21 heavy (non-hydrogen) atoms. The Bertz CT molecular complexity index is 711. The molecule has 1 N–H and O–H groups in total. The molecule has 1 aromatic carbocycles. The number of hydrogen-bond donors (Lipinski definition) is 1. The van der Waals surface area contributed by atoms with Crippen molar-refractivity contribution < 1.29 is 21.6 Å². The summed E-state index contributed by atoms with van der Waals surface area (Å²) < 4.78 is 56.1. The Hall–Kier alpha value is -1.32. The fourth-order valence-corrected chi connectivity index (χ4v) is 3.41. The van der Waals surface area contributed by atoms with Gasteiger partial charge in [-0.15, -0.1) is 0 Å². The molecule has 0 radical (unpaired) electrons. The fourth-order valence-electron chi connectivity index (χ4n) is 1.64. The van der Waals surface area contributed by atoms with Crippen LogP contribution in [0, 0.1) is 0 Å². The van der Waals surface area contributed by atoms with Crippen molar-refractivity contribution in [1.82, 2.24) is 4.72 Å². The fraction of sp³-hybridized carbons (Fsp3) is 0.500. The lowest BCUT2D eigenvalue weighted by molar-refractivity contribution is 0.415. The summed E-state index contributed by atoms with van der Waals surface area (Å²) in [7, 11) is -4.53. The average Bonchev–Trinajstić information content (AvgIpc) is 2.34. The van der Waals surface area contributed by atoms with Crippen LogP contribution in [-0.4, -0.2) is 43.3 Å². The Balaban J connectivity index is 3.42. The molecule has 9 heteroatoms. The van der Waals surface area contributed by atoms with Crippen LogP contribution in [0.2, 0.25) is 0 Å². The van der Waals surface area contributed by atoms with E-state index in [-0.39, 0.29) is 22.4 Å². The third-order valence-electron chi connectivity index (χ3n) is 2.69. The minimum absolute atomic E-state index is 0.0255. The van der Waals surface area contributed by atoms with Crippen molar-refractivity contribution in [3.63, 3.8) is 0 Å². The zero-order chi connectivity index (χ0) is 16.4. The van der Waals surface area contributed by atoms with Crippen LogP contribution in [0.5, 0.6) is 5.75 Å². The Morgan fingerprint density at radius 1 is 1.19 bits per heavy atom. The summed E-state index contributed by atoms with van der Waals surface area (Å²) >= 11 is 0. The lowest BCUT2D eigenvalue weighted by Gasteiger charge is -2.20. The molecule has 0 aromatic heterocycles. The van der Waals surface area contributed by atoms with Crippen LogP contribution >= 0.6 is 0 Å². The molecule has 0 amide bonds. The number of sulfonamides is 2. The zero-order valence-electron chi connectivity index (χ0n) is 12.6. The molecule has 0 unspecified atom stereocenters. The van der Waals surface area contributed by atoms with Gasteiger partial charge in [0, 0.05) is 13.1 Å². The number of benzene rings is 1. The lowest BCUT2D eigenvalue weighted by Crippen LogP contribution is -2.31. The van der Waals surface area contributed by atoms with Crippen LogP contribution < -0.4 is 13.8 Å². The molecule has 0 heterocycles. The molecule has 1 aromatic rings. The molecule has 0 aliphatic carbocycles. The highest BCUT2D eigenvalue weighted by Gasteiger charge is 2.22. The molecule has 0 bridgehead atoms. The van der Waals surface area contributed by atoms with Crippen LogP contribution in [0.1, 0.15) is 13.8 Å². The molecule has 0 aliphatic heterocycles. The second kappa shape index (κ2) is 6.20. The first-order valence-corrected chi connectivity index (χ1v) is 9.46. The second-order valence-electron chi connectivity index (χ2n) is 4.84. The highest BCUT2D eigenvalue weighted by molar-refractivity contribution is 7.92. The Labute approximate surface area is 126 Å². The number of nitrogens with one attached hydrogen (secondary N) is 1. The Morgan fingerprint density at radius 2 is 1.76 bits per heavy atom. The number of methoxy groups -OCH3 is 1. The molecular weight excluding hydrogens is 316 g/mol. The number of anilines is 1. The third-order valence-corrected chi connectivity index (χ3v) is 5.54. The summed E-state index contributed by atoms with van der Waals surface area (Å²) in [5, 5.41) is 0. The Kier molecular flexibility index (Phi) is 5.24. The molecule has 7 nitrogen and oxygen atoms in total.